The van der Waals surface area contributed by atoms with Crippen molar-refractivity contribution in [3.8, 4) is 0 Å². The Balaban J connectivity index is 1.73. The third kappa shape index (κ3) is 1.80. The summed E-state index contributed by atoms with van der Waals surface area (Å²) >= 11 is 0. The minimum Gasteiger partial charge on any atom is -0.309 e. The van der Waals surface area contributed by atoms with Gasteiger partial charge in [0.05, 0.1) is 0 Å². The average molecular weight is 222 g/mol. The van der Waals surface area contributed by atoms with Crippen molar-refractivity contribution in [1.82, 2.24) is 10.2 Å². The predicted molar refractivity (Wildman–Crippen MR) is 67.5 cm³/mol. The van der Waals surface area contributed by atoms with E-state index in [2.05, 4.69) is 31.0 Å². The quantitative estimate of drug-likeness (QED) is 0.732. The van der Waals surface area contributed by atoms with Gasteiger partial charge in [-0.05, 0) is 51.9 Å². The second kappa shape index (κ2) is 3.71. The lowest BCUT2D eigenvalue weighted by Gasteiger charge is -2.48. The summed E-state index contributed by atoms with van der Waals surface area (Å²) in [4.78, 5) is 2.82. The van der Waals surface area contributed by atoms with Crippen LogP contribution in [-0.4, -0.2) is 35.6 Å². The first-order chi connectivity index (χ1) is 7.55. The first kappa shape index (κ1) is 11.0. The van der Waals surface area contributed by atoms with Crippen LogP contribution >= 0.6 is 0 Å². The summed E-state index contributed by atoms with van der Waals surface area (Å²) in [6, 6.07) is 1.65. The Hall–Kier alpha value is -0.0800. The zero-order chi connectivity index (χ0) is 11.3. The first-order valence-corrected chi connectivity index (χ1v) is 7.06. The molecule has 2 nitrogen and oxygen atoms in total. The van der Waals surface area contributed by atoms with Crippen molar-refractivity contribution in [2.24, 2.45) is 11.8 Å². The average Bonchev–Trinajstić information content (AvgIpc) is 2.83. The second-order valence-electron chi connectivity index (χ2n) is 7.03. The Morgan fingerprint density at radius 3 is 2.62 bits per heavy atom. The molecule has 1 saturated heterocycles. The van der Waals surface area contributed by atoms with Crippen LogP contribution in [-0.2, 0) is 0 Å². The maximum atomic E-state index is 3.66. The van der Waals surface area contributed by atoms with Gasteiger partial charge < -0.3 is 5.32 Å². The molecule has 4 unspecified atom stereocenters. The third-order valence-electron chi connectivity index (χ3n) is 5.15. The molecule has 0 amide bonds. The Kier molecular flexibility index (Phi) is 2.56. The number of hydrogen-bond acceptors (Lipinski definition) is 2. The van der Waals surface area contributed by atoms with Crippen molar-refractivity contribution in [1.29, 1.82) is 0 Å². The van der Waals surface area contributed by atoms with E-state index in [1.54, 1.807) is 0 Å². The highest BCUT2D eigenvalue weighted by Gasteiger charge is 2.45. The van der Waals surface area contributed by atoms with Crippen molar-refractivity contribution in [3.05, 3.63) is 0 Å². The fourth-order valence-corrected chi connectivity index (χ4v) is 4.27. The van der Waals surface area contributed by atoms with Crippen LogP contribution in [0.1, 0.15) is 46.5 Å². The van der Waals surface area contributed by atoms with Crippen LogP contribution < -0.4 is 5.32 Å². The van der Waals surface area contributed by atoms with E-state index in [9.17, 15) is 0 Å². The molecular formula is C14H26N2. The molecule has 3 aliphatic rings. The molecule has 16 heavy (non-hydrogen) atoms. The summed E-state index contributed by atoms with van der Waals surface area (Å²) in [5.41, 5.74) is 0.314. The summed E-state index contributed by atoms with van der Waals surface area (Å²) in [5, 5.41) is 3.66. The highest BCUT2D eigenvalue weighted by Crippen LogP contribution is 2.47. The lowest BCUT2D eigenvalue weighted by molar-refractivity contribution is 0.0381. The molecule has 1 heterocycles. The van der Waals surface area contributed by atoms with Gasteiger partial charge in [-0.1, -0.05) is 6.42 Å². The zero-order valence-corrected chi connectivity index (χ0v) is 11.0. The summed E-state index contributed by atoms with van der Waals surface area (Å²) in [6.07, 6.45) is 6.05. The highest BCUT2D eigenvalue weighted by molar-refractivity contribution is 5.01. The van der Waals surface area contributed by atoms with Gasteiger partial charge >= 0.3 is 0 Å². The smallest absolute Gasteiger partial charge is 0.0253 e. The van der Waals surface area contributed by atoms with Crippen LogP contribution in [0.4, 0.5) is 0 Å². The molecule has 0 radical (unpaired) electrons. The Morgan fingerprint density at radius 1 is 1.19 bits per heavy atom. The predicted octanol–water partition coefficient (Wildman–Crippen LogP) is 2.25. The van der Waals surface area contributed by atoms with Crippen molar-refractivity contribution in [2.45, 2.75) is 64.1 Å². The normalized spacial score (nSPS) is 47.4. The van der Waals surface area contributed by atoms with E-state index < -0.39 is 0 Å². The van der Waals surface area contributed by atoms with Gasteiger partial charge in [-0.3, -0.25) is 4.90 Å². The molecule has 1 N–H and O–H groups in total. The van der Waals surface area contributed by atoms with E-state index in [1.165, 1.54) is 38.8 Å². The maximum Gasteiger partial charge on any atom is 0.0253 e. The molecule has 3 rings (SSSR count). The van der Waals surface area contributed by atoms with Crippen LogP contribution in [0, 0.1) is 11.8 Å². The number of fused-ring (bicyclic) bond motifs is 2. The van der Waals surface area contributed by atoms with E-state index >= 15 is 0 Å². The van der Waals surface area contributed by atoms with Gasteiger partial charge in [-0.25, -0.2) is 0 Å². The molecule has 2 bridgehead atoms. The number of hydrogen-bond donors (Lipinski definition) is 1. The molecule has 2 heteroatoms. The van der Waals surface area contributed by atoms with E-state index in [0.717, 1.165) is 23.9 Å². The van der Waals surface area contributed by atoms with Gasteiger partial charge in [0.2, 0.25) is 0 Å². The first-order valence-electron chi connectivity index (χ1n) is 7.06. The van der Waals surface area contributed by atoms with Gasteiger partial charge in [-0.15, -0.1) is 0 Å². The summed E-state index contributed by atoms with van der Waals surface area (Å²) in [6.45, 7) is 9.50. The fourth-order valence-electron chi connectivity index (χ4n) is 4.27. The van der Waals surface area contributed by atoms with Crippen LogP contribution in [0.15, 0.2) is 0 Å². The molecule has 1 aliphatic heterocycles. The molecule has 0 aromatic carbocycles. The number of piperazine rings is 1. The molecule has 3 fully saturated rings. The number of rotatable bonds is 1. The third-order valence-corrected chi connectivity index (χ3v) is 5.15. The Morgan fingerprint density at radius 2 is 2.00 bits per heavy atom. The minimum atomic E-state index is 0.314. The standard InChI is InChI=1S/C14H26N2/c1-10-8-15-14(2,3)9-16(10)13-7-11-4-5-12(13)6-11/h10-13,15H,4-9H2,1-3H3. The van der Waals surface area contributed by atoms with E-state index in [1.807, 2.05) is 0 Å². The van der Waals surface area contributed by atoms with Crippen LogP contribution in [0.5, 0.6) is 0 Å². The van der Waals surface area contributed by atoms with E-state index in [-0.39, 0.29) is 0 Å². The zero-order valence-electron chi connectivity index (χ0n) is 11.0. The molecule has 4 atom stereocenters. The van der Waals surface area contributed by atoms with Crippen molar-refractivity contribution < 1.29 is 0 Å². The van der Waals surface area contributed by atoms with Gasteiger partial charge in [-0.2, -0.15) is 0 Å². The van der Waals surface area contributed by atoms with Gasteiger partial charge in [0.15, 0.2) is 0 Å². The molecule has 0 spiro atoms. The van der Waals surface area contributed by atoms with Crippen molar-refractivity contribution >= 4 is 0 Å². The molecule has 92 valence electrons. The molecule has 0 aromatic rings. The fraction of sp³-hybridized carbons (Fsp3) is 1.00. The minimum absolute atomic E-state index is 0.314. The monoisotopic (exact) mass is 222 g/mol. The number of nitrogens with zero attached hydrogens (tertiary/aromatic N) is 1. The summed E-state index contributed by atoms with van der Waals surface area (Å²) in [7, 11) is 0. The van der Waals surface area contributed by atoms with Gasteiger partial charge in [0.1, 0.15) is 0 Å². The Bertz CT molecular complexity index is 274. The topological polar surface area (TPSA) is 15.3 Å². The molecule has 0 aromatic heterocycles. The molecule has 2 saturated carbocycles. The Labute approximate surface area is 99.8 Å². The number of nitrogens with one attached hydrogen (secondary N) is 1. The highest BCUT2D eigenvalue weighted by atomic mass is 15.3. The molecular weight excluding hydrogens is 196 g/mol. The van der Waals surface area contributed by atoms with Crippen LogP contribution in [0.2, 0.25) is 0 Å². The lowest BCUT2D eigenvalue weighted by atomic mass is 9.89. The summed E-state index contributed by atoms with van der Waals surface area (Å²) in [5.74, 6) is 2.10. The van der Waals surface area contributed by atoms with Crippen molar-refractivity contribution in [2.75, 3.05) is 13.1 Å². The maximum absolute atomic E-state index is 3.66. The van der Waals surface area contributed by atoms with E-state index in [4.69, 9.17) is 0 Å². The lowest BCUT2D eigenvalue weighted by Crippen LogP contribution is -2.63. The van der Waals surface area contributed by atoms with Crippen molar-refractivity contribution in [3.63, 3.8) is 0 Å². The SMILES string of the molecule is CC1CNC(C)(C)CN1C1CC2CCC1C2. The second-order valence-corrected chi connectivity index (χ2v) is 7.03. The van der Waals surface area contributed by atoms with Crippen LogP contribution in [0.25, 0.3) is 0 Å². The van der Waals surface area contributed by atoms with Crippen LogP contribution in [0.3, 0.4) is 0 Å². The summed E-state index contributed by atoms with van der Waals surface area (Å²) < 4.78 is 0. The van der Waals surface area contributed by atoms with E-state index in [0.29, 0.717) is 5.54 Å². The molecule has 2 aliphatic carbocycles. The van der Waals surface area contributed by atoms with Gasteiger partial charge in [0, 0.05) is 30.7 Å². The van der Waals surface area contributed by atoms with Gasteiger partial charge in [0.25, 0.3) is 0 Å². The largest absolute Gasteiger partial charge is 0.309 e.